The van der Waals surface area contributed by atoms with E-state index in [-0.39, 0.29) is 0 Å². The summed E-state index contributed by atoms with van der Waals surface area (Å²) in [5.74, 6) is 8.11. The molecule has 1 heterocycles. The number of hydrogen-bond acceptors (Lipinski definition) is 3. The molecule has 142 valence electrons. The van der Waals surface area contributed by atoms with Crippen LogP contribution in [0.1, 0.15) is 60.1 Å². The molecule has 27 heavy (non-hydrogen) atoms. The van der Waals surface area contributed by atoms with Crippen molar-refractivity contribution in [2.75, 3.05) is 0 Å². The molecule has 1 aliphatic heterocycles. The highest BCUT2D eigenvalue weighted by Gasteiger charge is 2.33. The Balaban J connectivity index is 1.93. The van der Waals surface area contributed by atoms with Gasteiger partial charge in [0.05, 0.1) is 0 Å². The Labute approximate surface area is 162 Å². The molecule has 3 rings (SSSR count). The number of fused-ring (bicyclic) bond motifs is 1. The first-order chi connectivity index (χ1) is 12.8. The third kappa shape index (κ3) is 3.62. The molecule has 3 nitrogen and oxygen atoms in total. The van der Waals surface area contributed by atoms with Crippen molar-refractivity contribution in [3.8, 4) is 29.1 Å². The Kier molecular flexibility index (Phi) is 5.11. The topological polar surface area (TPSA) is 49.7 Å². The Morgan fingerprint density at radius 2 is 1.85 bits per heavy atom. The van der Waals surface area contributed by atoms with Crippen molar-refractivity contribution in [2.45, 2.75) is 65.9 Å². The number of phenolic OH excluding ortho intramolecular Hbond substituents is 2. The average molecular weight is 364 g/mol. The molecule has 0 amide bonds. The van der Waals surface area contributed by atoms with Gasteiger partial charge in [0, 0.05) is 17.5 Å². The highest BCUT2D eigenvalue weighted by atomic mass is 16.5. The molecule has 2 aromatic rings. The number of aryl methyl sites for hydroxylation is 1. The summed E-state index contributed by atoms with van der Waals surface area (Å²) in [6.07, 6.45) is 3.42. The molecule has 2 aromatic carbocycles. The van der Waals surface area contributed by atoms with Gasteiger partial charge in [-0.2, -0.15) is 0 Å². The Hall–Kier alpha value is -2.60. The normalized spacial score (nSPS) is 18.3. The summed E-state index contributed by atoms with van der Waals surface area (Å²) in [6.45, 7) is 9.97. The molecular formula is C24H28O3. The lowest BCUT2D eigenvalue weighted by molar-refractivity contribution is 0.122. The molecule has 1 atom stereocenters. The smallest absolute Gasteiger partial charge is 0.167 e. The third-order valence-electron chi connectivity index (χ3n) is 5.59. The second kappa shape index (κ2) is 7.19. The van der Waals surface area contributed by atoms with E-state index < -0.39 is 5.60 Å². The van der Waals surface area contributed by atoms with Gasteiger partial charge in [-0.25, -0.2) is 0 Å². The lowest BCUT2D eigenvalue weighted by Crippen LogP contribution is -2.35. The van der Waals surface area contributed by atoms with Crippen LogP contribution in [0.25, 0.3) is 0 Å². The van der Waals surface area contributed by atoms with E-state index in [1.807, 2.05) is 39.8 Å². The summed E-state index contributed by atoms with van der Waals surface area (Å²) in [7, 11) is 0. The number of ether oxygens (including phenoxy) is 1. The number of rotatable bonds is 2. The molecule has 0 radical (unpaired) electrons. The molecule has 0 aliphatic carbocycles. The van der Waals surface area contributed by atoms with Gasteiger partial charge in [0.1, 0.15) is 17.2 Å². The van der Waals surface area contributed by atoms with Crippen LogP contribution in [0, 0.1) is 32.6 Å². The van der Waals surface area contributed by atoms with Crippen LogP contribution in [0.15, 0.2) is 18.2 Å². The van der Waals surface area contributed by atoms with E-state index in [1.165, 1.54) is 0 Å². The standard InChI is InChI=1S/C24H28O3/c1-6-7-19-14-18(8-9-21(19)25)10-12-24(5)13-11-20-17(4)22(26)15(2)16(3)23(20)27-24/h8-9,14,25-26H,6-7,11,13H2,1-5H3. The molecule has 1 unspecified atom stereocenters. The van der Waals surface area contributed by atoms with E-state index in [1.54, 1.807) is 6.07 Å². The lowest BCUT2D eigenvalue weighted by Gasteiger charge is -2.34. The van der Waals surface area contributed by atoms with Crippen LogP contribution in [0.4, 0.5) is 0 Å². The molecule has 0 bridgehead atoms. The molecule has 0 saturated carbocycles. The highest BCUT2D eigenvalue weighted by molar-refractivity contribution is 5.59. The minimum absolute atomic E-state index is 0.331. The second-order valence-electron chi connectivity index (χ2n) is 7.71. The van der Waals surface area contributed by atoms with Gasteiger partial charge in [-0.1, -0.05) is 25.2 Å². The number of phenols is 2. The zero-order valence-corrected chi connectivity index (χ0v) is 16.9. The van der Waals surface area contributed by atoms with Gasteiger partial charge < -0.3 is 14.9 Å². The summed E-state index contributed by atoms with van der Waals surface area (Å²) in [6, 6.07) is 5.52. The van der Waals surface area contributed by atoms with E-state index in [9.17, 15) is 10.2 Å². The van der Waals surface area contributed by atoms with Crippen LogP contribution in [-0.4, -0.2) is 15.8 Å². The van der Waals surface area contributed by atoms with Crippen molar-refractivity contribution < 1.29 is 14.9 Å². The lowest BCUT2D eigenvalue weighted by atomic mass is 9.87. The van der Waals surface area contributed by atoms with Crippen molar-refractivity contribution in [3.05, 3.63) is 51.6 Å². The molecule has 2 N–H and O–H groups in total. The first-order valence-electron chi connectivity index (χ1n) is 9.61. The average Bonchev–Trinajstić information content (AvgIpc) is 2.65. The van der Waals surface area contributed by atoms with Gasteiger partial charge in [0.15, 0.2) is 5.60 Å². The predicted octanol–water partition coefficient (Wildman–Crippen LogP) is 5.11. The van der Waals surface area contributed by atoms with Crippen LogP contribution in [0.5, 0.6) is 17.2 Å². The molecule has 3 heteroatoms. The molecule has 0 spiro atoms. The highest BCUT2D eigenvalue weighted by Crippen LogP contribution is 2.43. The minimum Gasteiger partial charge on any atom is -0.508 e. The monoisotopic (exact) mass is 364 g/mol. The molecule has 1 aliphatic rings. The van der Waals surface area contributed by atoms with E-state index in [4.69, 9.17) is 4.74 Å². The predicted molar refractivity (Wildman–Crippen MR) is 109 cm³/mol. The van der Waals surface area contributed by atoms with Gasteiger partial charge in [-0.05, 0) is 81.0 Å². The van der Waals surface area contributed by atoms with E-state index in [2.05, 4.69) is 18.8 Å². The minimum atomic E-state index is -0.573. The quantitative estimate of drug-likeness (QED) is 0.728. The number of benzene rings is 2. The van der Waals surface area contributed by atoms with Crippen LogP contribution < -0.4 is 4.74 Å². The Morgan fingerprint density at radius 1 is 1.11 bits per heavy atom. The first kappa shape index (κ1) is 19.2. The van der Waals surface area contributed by atoms with Crippen molar-refractivity contribution in [2.24, 2.45) is 0 Å². The van der Waals surface area contributed by atoms with Crippen molar-refractivity contribution in [1.29, 1.82) is 0 Å². The van der Waals surface area contributed by atoms with Gasteiger partial charge >= 0.3 is 0 Å². The summed E-state index contributed by atoms with van der Waals surface area (Å²) < 4.78 is 6.36. The third-order valence-corrected chi connectivity index (χ3v) is 5.59. The van der Waals surface area contributed by atoms with Gasteiger partial charge in [-0.3, -0.25) is 0 Å². The summed E-state index contributed by atoms with van der Waals surface area (Å²) in [5.41, 5.74) is 5.09. The van der Waals surface area contributed by atoms with E-state index >= 15 is 0 Å². The molecule has 0 fully saturated rings. The SMILES string of the molecule is CCCc1cc(C#CC2(C)CCc3c(C)c(O)c(C)c(C)c3O2)ccc1O. The molecule has 0 aromatic heterocycles. The van der Waals surface area contributed by atoms with Gasteiger partial charge in [0.25, 0.3) is 0 Å². The van der Waals surface area contributed by atoms with Crippen LogP contribution in [-0.2, 0) is 12.8 Å². The van der Waals surface area contributed by atoms with Gasteiger partial charge in [-0.15, -0.1) is 0 Å². The molecular weight excluding hydrogens is 336 g/mol. The van der Waals surface area contributed by atoms with Gasteiger partial charge in [0.2, 0.25) is 0 Å². The largest absolute Gasteiger partial charge is 0.508 e. The van der Waals surface area contributed by atoms with Crippen molar-refractivity contribution >= 4 is 0 Å². The van der Waals surface area contributed by atoms with Crippen LogP contribution in [0.2, 0.25) is 0 Å². The first-order valence-corrected chi connectivity index (χ1v) is 9.61. The second-order valence-corrected chi connectivity index (χ2v) is 7.71. The van der Waals surface area contributed by atoms with E-state index in [0.717, 1.165) is 64.8 Å². The zero-order valence-electron chi connectivity index (χ0n) is 16.9. The maximum Gasteiger partial charge on any atom is 0.167 e. The fourth-order valence-corrected chi connectivity index (χ4v) is 3.67. The Bertz CT molecular complexity index is 947. The van der Waals surface area contributed by atoms with Crippen molar-refractivity contribution in [1.82, 2.24) is 0 Å². The maximum absolute atomic E-state index is 10.3. The summed E-state index contributed by atoms with van der Waals surface area (Å²) >= 11 is 0. The fraction of sp³-hybridized carbons (Fsp3) is 0.417. The van der Waals surface area contributed by atoms with Crippen LogP contribution in [0.3, 0.4) is 0 Å². The summed E-state index contributed by atoms with van der Waals surface area (Å²) in [4.78, 5) is 0. The number of hydrogen-bond donors (Lipinski definition) is 2. The Morgan fingerprint density at radius 3 is 2.56 bits per heavy atom. The van der Waals surface area contributed by atoms with E-state index in [0.29, 0.717) is 11.5 Å². The molecule has 0 saturated heterocycles. The maximum atomic E-state index is 10.3. The number of aromatic hydroxyl groups is 2. The fourth-order valence-electron chi connectivity index (χ4n) is 3.67. The van der Waals surface area contributed by atoms with Crippen molar-refractivity contribution in [3.63, 3.8) is 0 Å². The summed E-state index contributed by atoms with van der Waals surface area (Å²) in [5, 5.41) is 20.3. The van der Waals surface area contributed by atoms with Crippen LogP contribution >= 0.6 is 0 Å². The zero-order chi connectivity index (χ0) is 19.8.